The molecule has 1 aromatic heterocycles. The quantitative estimate of drug-likeness (QED) is 0.299. The number of hydrogen-bond acceptors (Lipinski definition) is 9. The zero-order valence-electron chi connectivity index (χ0n) is 22.6. The molecule has 3 rings (SSSR count). The van der Waals surface area contributed by atoms with Crippen molar-refractivity contribution in [2.45, 2.75) is 45.9 Å². The average Bonchev–Trinajstić information content (AvgIpc) is 3.33. The number of aromatic nitrogens is 1. The summed E-state index contributed by atoms with van der Waals surface area (Å²) in [5, 5.41) is 15.9. The van der Waals surface area contributed by atoms with Crippen LogP contribution in [-0.2, 0) is 23.9 Å². The minimum atomic E-state index is -1.25. The number of H-pyrrole nitrogens is 1. The van der Waals surface area contributed by atoms with Gasteiger partial charge in [-0.2, -0.15) is 0 Å². The summed E-state index contributed by atoms with van der Waals surface area (Å²) in [5.41, 5.74) is -0.415. The van der Waals surface area contributed by atoms with E-state index in [4.69, 9.17) is 0 Å². The van der Waals surface area contributed by atoms with Crippen LogP contribution >= 0.6 is 0 Å². The number of aromatic amines is 1. The van der Waals surface area contributed by atoms with Gasteiger partial charge in [0.2, 0.25) is 5.91 Å². The average molecular weight is 556 g/mol. The van der Waals surface area contributed by atoms with Gasteiger partial charge < -0.3 is 30.2 Å². The molecule has 2 aromatic rings. The van der Waals surface area contributed by atoms with E-state index in [1.807, 2.05) is 0 Å². The number of aliphatic hydroxyl groups is 1. The van der Waals surface area contributed by atoms with Crippen LogP contribution in [-0.4, -0.2) is 65.3 Å². The van der Waals surface area contributed by atoms with E-state index in [-0.39, 0.29) is 29.9 Å². The summed E-state index contributed by atoms with van der Waals surface area (Å²) in [5.74, 6) is 0.150. The molecule has 0 aliphatic carbocycles. The number of aliphatic imine (C=N–C) groups is 1. The number of halogens is 1. The number of nitrogens with zero attached hydrogens (tertiary/aromatic N) is 2. The number of rotatable bonds is 7. The van der Waals surface area contributed by atoms with Crippen LogP contribution in [0, 0.1) is 23.2 Å². The van der Waals surface area contributed by atoms with Gasteiger partial charge in [0.05, 0.1) is 19.8 Å². The third-order valence-corrected chi connectivity index (χ3v) is 5.82. The van der Waals surface area contributed by atoms with Crippen LogP contribution in [0.5, 0.6) is 0 Å². The fraction of sp³-hybridized carbons (Fsp3) is 0.370. The molecule has 40 heavy (non-hydrogen) atoms. The standard InChI is InChI=1S/C27H30FN5O7/c1-27(2,3)26(38)32-20-13-17-22(31-20)29-14-33(24(17)36)11-10-15-6-7-16(12-18(15)28)23(35)30-19(25(37)40-5)8-9-21(34)39-4/h6-7,12-14,19,24,31,36H,8-9H2,1-5H3,(H,30,35)(H,32,38)/t19-,24?/m1/s1. The molecule has 0 spiro atoms. The van der Waals surface area contributed by atoms with E-state index in [0.29, 0.717) is 17.2 Å². The number of ether oxygens (including phenoxy) is 2. The molecule has 0 bridgehead atoms. The van der Waals surface area contributed by atoms with E-state index < -0.39 is 41.3 Å². The molecule has 212 valence electrons. The molecular weight excluding hydrogens is 525 g/mol. The highest BCUT2D eigenvalue weighted by Crippen LogP contribution is 2.33. The van der Waals surface area contributed by atoms with Gasteiger partial charge in [-0.3, -0.25) is 19.3 Å². The van der Waals surface area contributed by atoms with Crippen molar-refractivity contribution in [2.75, 3.05) is 19.5 Å². The van der Waals surface area contributed by atoms with E-state index >= 15 is 0 Å². The fourth-order valence-corrected chi connectivity index (χ4v) is 3.44. The van der Waals surface area contributed by atoms with Crippen molar-refractivity contribution in [1.29, 1.82) is 0 Å². The molecule has 2 atom stereocenters. The number of anilines is 1. The third kappa shape index (κ3) is 7.23. The first kappa shape index (κ1) is 29.9. The van der Waals surface area contributed by atoms with Crippen molar-refractivity contribution in [3.63, 3.8) is 0 Å². The maximum Gasteiger partial charge on any atom is 0.328 e. The summed E-state index contributed by atoms with van der Waals surface area (Å²) in [6, 6.07) is 6.55. The first-order valence-corrected chi connectivity index (χ1v) is 12.2. The minimum absolute atomic E-state index is 0.0645. The van der Waals surface area contributed by atoms with Crippen molar-refractivity contribution >= 4 is 41.7 Å². The largest absolute Gasteiger partial charge is 0.469 e. The van der Waals surface area contributed by atoms with Crippen molar-refractivity contribution in [2.24, 2.45) is 10.4 Å². The number of amides is 2. The Bertz CT molecular complexity index is 1400. The lowest BCUT2D eigenvalue weighted by atomic mass is 9.96. The van der Waals surface area contributed by atoms with Crippen LogP contribution in [0.15, 0.2) is 29.3 Å². The monoisotopic (exact) mass is 555 g/mol. The summed E-state index contributed by atoms with van der Waals surface area (Å²) >= 11 is 0. The highest BCUT2D eigenvalue weighted by molar-refractivity contribution is 5.97. The van der Waals surface area contributed by atoms with Crippen molar-refractivity contribution in [1.82, 2.24) is 15.2 Å². The van der Waals surface area contributed by atoms with Crippen LogP contribution in [0.3, 0.4) is 0 Å². The second-order valence-corrected chi connectivity index (χ2v) is 9.81. The van der Waals surface area contributed by atoms with Crippen LogP contribution in [0.2, 0.25) is 0 Å². The minimum Gasteiger partial charge on any atom is -0.469 e. The number of fused-ring (bicyclic) bond motifs is 1. The van der Waals surface area contributed by atoms with Crippen molar-refractivity contribution in [3.05, 3.63) is 46.8 Å². The molecule has 12 nitrogen and oxygen atoms in total. The molecule has 1 unspecified atom stereocenters. The Labute approximate surface area is 229 Å². The number of hydrogen-bond donors (Lipinski definition) is 4. The summed E-state index contributed by atoms with van der Waals surface area (Å²) in [7, 11) is 2.33. The van der Waals surface area contributed by atoms with Gasteiger partial charge in [0.25, 0.3) is 5.91 Å². The summed E-state index contributed by atoms with van der Waals surface area (Å²) < 4.78 is 24.0. The number of nitrogens with one attached hydrogen (secondary N) is 3. The first-order valence-electron chi connectivity index (χ1n) is 12.2. The number of esters is 2. The molecule has 0 fully saturated rings. The molecule has 13 heteroatoms. The van der Waals surface area contributed by atoms with Gasteiger partial charge in [0.15, 0.2) is 6.23 Å². The van der Waals surface area contributed by atoms with E-state index in [0.717, 1.165) is 18.1 Å². The maximum atomic E-state index is 14.8. The number of carbonyl (C=O) groups is 4. The Morgan fingerprint density at radius 3 is 2.55 bits per heavy atom. The van der Waals surface area contributed by atoms with Gasteiger partial charge in [-0.05, 0) is 36.6 Å². The van der Waals surface area contributed by atoms with Gasteiger partial charge in [-0.15, -0.1) is 0 Å². The molecule has 4 N–H and O–H groups in total. The lowest BCUT2D eigenvalue weighted by molar-refractivity contribution is -0.144. The van der Waals surface area contributed by atoms with Crippen LogP contribution < -0.4 is 10.6 Å². The highest BCUT2D eigenvalue weighted by atomic mass is 19.1. The molecule has 1 aliphatic rings. The maximum absolute atomic E-state index is 14.8. The molecule has 0 saturated carbocycles. The Kier molecular flexibility index (Phi) is 9.28. The van der Waals surface area contributed by atoms with Crippen molar-refractivity contribution < 1.29 is 38.1 Å². The number of benzene rings is 1. The number of methoxy groups -OCH3 is 2. The second kappa shape index (κ2) is 12.4. The van der Waals surface area contributed by atoms with Crippen LogP contribution in [0.25, 0.3) is 0 Å². The summed E-state index contributed by atoms with van der Waals surface area (Å²) in [6.07, 6.45) is -0.191. The lowest BCUT2D eigenvalue weighted by Crippen LogP contribution is -2.41. The molecule has 1 aromatic carbocycles. The second-order valence-electron chi connectivity index (χ2n) is 9.81. The van der Waals surface area contributed by atoms with Gasteiger partial charge >= 0.3 is 11.9 Å². The van der Waals surface area contributed by atoms with Gasteiger partial charge in [0, 0.05) is 29.0 Å². The predicted octanol–water partition coefficient (Wildman–Crippen LogP) is 2.34. The molecule has 0 radical (unpaired) electrons. The number of carbonyl (C=O) groups excluding carboxylic acids is 4. The van der Waals surface area contributed by atoms with Gasteiger partial charge in [-0.1, -0.05) is 20.8 Å². The zero-order chi connectivity index (χ0) is 29.6. The Balaban J connectivity index is 1.70. The zero-order valence-corrected chi connectivity index (χ0v) is 22.6. The summed E-state index contributed by atoms with van der Waals surface area (Å²) in [4.78, 5) is 56.5. The fourth-order valence-electron chi connectivity index (χ4n) is 3.44. The Morgan fingerprint density at radius 2 is 1.93 bits per heavy atom. The number of aliphatic hydroxyl groups excluding tert-OH is 1. The van der Waals surface area contributed by atoms with Crippen LogP contribution in [0.4, 0.5) is 16.0 Å². The van der Waals surface area contributed by atoms with E-state index in [2.05, 4.69) is 42.0 Å². The predicted molar refractivity (Wildman–Crippen MR) is 142 cm³/mol. The van der Waals surface area contributed by atoms with E-state index in [1.54, 1.807) is 20.8 Å². The van der Waals surface area contributed by atoms with E-state index in [9.17, 15) is 28.7 Å². The topological polar surface area (TPSA) is 162 Å². The normalized spacial score (nSPS) is 14.8. The van der Waals surface area contributed by atoms with Crippen molar-refractivity contribution in [3.8, 4) is 12.0 Å². The first-order chi connectivity index (χ1) is 18.8. The molecule has 0 saturated heterocycles. The Morgan fingerprint density at radius 1 is 1.20 bits per heavy atom. The summed E-state index contributed by atoms with van der Waals surface area (Å²) in [6.45, 7) is 5.29. The Hall–Kier alpha value is -4.70. The third-order valence-electron chi connectivity index (χ3n) is 5.82. The highest BCUT2D eigenvalue weighted by Gasteiger charge is 2.27. The lowest BCUT2D eigenvalue weighted by Gasteiger charge is -2.22. The smallest absolute Gasteiger partial charge is 0.328 e. The molecule has 2 heterocycles. The van der Waals surface area contributed by atoms with Gasteiger partial charge in [-0.25, -0.2) is 14.2 Å². The van der Waals surface area contributed by atoms with Gasteiger partial charge in [0.1, 0.15) is 29.8 Å². The SMILES string of the molecule is COC(=O)CC[C@@H](NC(=O)c1ccc(C#CN2C=Nc3[nH]c(NC(=O)C(C)(C)C)cc3C2O)c(F)c1)C(=O)OC. The van der Waals surface area contributed by atoms with Crippen LogP contribution in [0.1, 0.15) is 61.3 Å². The molecule has 1 aliphatic heterocycles. The van der Waals surface area contributed by atoms with E-state index in [1.165, 1.54) is 31.6 Å². The molecular formula is C27H30FN5O7. The molecule has 2 amide bonds.